The lowest BCUT2D eigenvalue weighted by Gasteiger charge is -2.21. The molecule has 0 aliphatic heterocycles. The summed E-state index contributed by atoms with van der Waals surface area (Å²) in [4.78, 5) is 11.5. The van der Waals surface area contributed by atoms with Gasteiger partial charge < -0.3 is 9.47 Å². The fraction of sp³-hybridized carbons (Fsp3) is 0.278. The molecule has 0 bridgehead atoms. The number of nitrogens with zero attached hydrogens (tertiary/aromatic N) is 1. The van der Waals surface area contributed by atoms with Gasteiger partial charge in [-0.05, 0) is 42.0 Å². The third kappa shape index (κ3) is 4.20. The van der Waals surface area contributed by atoms with Gasteiger partial charge >= 0.3 is 5.97 Å². The van der Waals surface area contributed by atoms with Crippen LogP contribution < -0.4 is 4.74 Å². The van der Waals surface area contributed by atoms with E-state index in [-0.39, 0.29) is 29.3 Å². The Balaban J connectivity index is 2.27. The molecule has 0 saturated carbocycles. The van der Waals surface area contributed by atoms with Crippen LogP contribution in [0.3, 0.4) is 0 Å². The van der Waals surface area contributed by atoms with Crippen molar-refractivity contribution in [1.82, 2.24) is 4.31 Å². The van der Waals surface area contributed by atoms with Gasteiger partial charge in [0.1, 0.15) is 0 Å². The molecule has 0 amide bonds. The molecular formula is C18H20FNO5S. The summed E-state index contributed by atoms with van der Waals surface area (Å²) < 4.78 is 50.2. The molecule has 0 N–H and O–H groups in total. The van der Waals surface area contributed by atoms with E-state index in [1.54, 1.807) is 13.0 Å². The van der Waals surface area contributed by atoms with E-state index in [2.05, 4.69) is 4.74 Å². The van der Waals surface area contributed by atoms with Crippen molar-refractivity contribution in [3.8, 4) is 5.75 Å². The number of halogens is 1. The Hall–Kier alpha value is -2.45. The Bertz CT molecular complexity index is 881. The third-order valence-corrected chi connectivity index (χ3v) is 5.78. The minimum atomic E-state index is -3.80. The first-order valence-corrected chi connectivity index (χ1v) is 9.28. The van der Waals surface area contributed by atoms with Gasteiger partial charge in [-0.3, -0.25) is 0 Å². The van der Waals surface area contributed by atoms with Crippen LogP contribution in [0.4, 0.5) is 4.39 Å². The summed E-state index contributed by atoms with van der Waals surface area (Å²) in [6, 6.07) is 9.78. The molecule has 0 radical (unpaired) electrons. The van der Waals surface area contributed by atoms with Crippen molar-refractivity contribution < 1.29 is 27.1 Å². The molecule has 0 aliphatic carbocycles. The van der Waals surface area contributed by atoms with Crippen LogP contribution in [0, 0.1) is 5.82 Å². The first-order chi connectivity index (χ1) is 12.3. The van der Waals surface area contributed by atoms with Gasteiger partial charge in [-0.2, -0.15) is 4.31 Å². The lowest BCUT2D eigenvalue weighted by molar-refractivity contribution is 0.0600. The molecule has 0 atom stereocenters. The largest absolute Gasteiger partial charge is 0.494 e. The number of benzene rings is 2. The Labute approximate surface area is 152 Å². The van der Waals surface area contributed by atoms with Gasteiger partial charge in [-0.15, -0.1) is 0 Å². The number of sulfonamides is 1. The maximum atomic E-state index is 13.8. The molecule has 2 aromatic carbocycles. The number of methoxy groups -OCH3 is 2. The zero-order chi connectivity index (χ0) is 19.3. The monoisotopic (exact) mass is 381 g/mol. The average Bonchev–Trinajstić information content (AvgIpc) is 2.65. The van der Waals surface area contributed by atoms with Crippen LogP contribution in [0.2, 0.25) is 0 Å². The summed E-state index contributed by atoms with van der Waals surface area (Å²) in [7, 11) is -1.19. The van der Waals surface area contributed by atoms with E-state index >= 15 is 0 Å². The van der Waals surface area contributed by atoms with E-state index in [9.17, 15) is 17.6 Å². The van der Waals surface area contributed by atoms with Gasteiger partial charge in [0.25, 0.3) is 0 Å². The minimum Gasteiger partial charge on any atom is -0.494 e. The van der Waals surface area contributed by atoms with E-state index in [1.807, 2.05) is 0 Å². The van der Waals surface area contributed by atoms with Crippen molar-refractivity contribution in [2.75, 3.05) is 20.8 Å². The summed E-state index contributed by atoms with van der Waals surface area (Å²) in [5.41, 5.74) is 0.756. The predicted octanol–water partition coefficient (Wildman–Crippen LogP) is 2.83. The van der Waals surface area contributed by atoms with Crippen molar-refractivity contribution in [3.63, 3.8) is 0 Å². The molecule has 6 nitrogen and oxygen atoms in total. The molecule has 0 heterocycles. The highest BCUT2D eigenvalue weighted by atomic mass is 32.2. The van der Waals surface area contributed by atoms with Crippen molar-refractivity contribution in [2.24, 2.45) is 0 Å². The molecular weight excluding hydrogens is 361 g/mol. The number of esters is 1. The highest BCUT2D eigenvalue weighted by Gasteiger charge is 2.24. The van der Waals surface area contributed by atoms with Gasteiger partial charge in [-0.1, -0.05) is 13.0 Å². The second kappa shape index (κ2) is 8.29. The SMILES string of the molecule is CCN(Cc1ccc(OC)c(F)c1)S(=O)(=O)c1ccc(C(=O)OC)cc1. The number of rotatable bonds is 7. The lowest BCUT2D eigenvalue weighted by atomic mass is 10.2. The van der Waals surface area contributed by atoms with Gasteiger partial charge in [0.2, 0.25) is 10.0 Å². The fourth-order valence-electron chi connectivity index (χ4n) is 2.41. The fourth-order valence-corrected chi connectivity index (χ4v) is 3.85. The minimum absolute atomic E-state index is 0.0124. The lowest BCUT2D eigenvalue weighted by Crippen LogP contribution is -2.30. The van der Waals surface area contributed by atoms with E-state index in [0.717, 1.165) is 0 Å². The second-order valence-electron chi connectivity index (χ2n) is 5.42. The predicted molar refractivity (Wildman–Crippen MR) is 94.0 cm³/mol. The topological polar surface area (TPSA) is 72.9 Å². The molecule has 0 spiro atoms. The number of ether oxygens (including phenoxy) is 2. The van der Waals surface area contributed by atoms with Crippen LogP contribution in [0.1, 0.15) is 22.8 Å². The molecule has 0 unspecified atom stereocenters. The highest BCUT2D eigenvalue weighted by Crippen LogP contribution is 2.22. The normalized spacial score (nSPS) is 11.4. The summed E-state index contributed by atoms with van der Waals surface area (Å²) in [6.07, 6.45) is 0. The number of carbonyl (C=O) groups is 1. The van der Waals surface area contributed by atoms with Gasteiger partial charge in [0.15, 0.2) is 11.6 Å². The van der Waals surface area contributed by atoms with E-state index in [0.29, 0.717) is 5.56 Å². The standard InChI is InChI=1S/C18H20FNO5S/c1-4-20(12-13-5-10-17(24-2)16(19)11-13)26(22,23)15-8-6-14(7-9-15)18(21)25-3/h5-11H,4,12H2,1-3H3. The van der Waals surface area contributed by atoms with Crippen LogP contribution in [0.5, 0.6) is 5.75 Å². The van der Waals surface area contributed by atoms with Crippen LogP contribution in [-0.2, 0) is 21.3 Å². The summed E-state index contributed by atoms with van der Waals surface area (Å²) in [5, 5.41) is 0. The number of hydrogen-bond donors (Lipinski definition) is 0. The van der Waals surface area contributed by atoms with Gasteiger partial charge in [0, 0.05) is 13.1 Å². The highest BCUT2D eigenvalue weighted by molar-refractivity contribution is 7.89. The van der Waals surface area contributed by atoms with E-state index in [1.165, 1.54) is 54.9 Å². The average molecular weight is 381 g/mol. The van der Waals surface area contributed by atoms with Gasteiger partial charge in [-0.25, -0.2) is 17.6 Å². The van der Waals surface area contributed by atoms with E-state index in [4.69, 9.17) is 4.74 Å². The van der Waals surface area contributed by atoms with Crippen LogP contribution in [-0.4, -0.2) is 39.5 Å². The van der Waals surface area contributed by atoms with Crippen molar-refractivity contribution in [1.29, 1.82) is 0 Å². The quantitative estimate of drug-likeness (QED) is 0.690. The zero-order valence-corrected chi connectivity index (χ0v) is 15.5. The maximum Gasteiger partial charge on any atom is 0.337 e. The Kier molecular flexibility index (Phi) is 6.33. The van der Waals surface area contributed by atoms with Crippen molar-refractivity contribution in [2.45, 2.75) is 18.4 Å². The molecule has 0 fully saturated rings. The van der Waals surface area contributed by atoms with Crippen LogP contribution in [0.15, 0.2) is 47.4 Å². The Morgan fingerprint density at radius 3 is 2.27 bits per heavy atom. The number of hydrogen-bond acceptors (Lipinski definition) is 5. The third-order valence-electron chi connectivity index (χ3n) is 3.84. The molecule has 2 aromatic rings. The van der Waals surface area contributed by atoms with Crippen LogP contribution in [0.25, 0.3) is 0 Å². The second-order valence-corrected chi connectivity index (χ2v) is 7.35. The first-order valence-electron chi connectivity index (χ1n) is 7.84. The molecule has 140 valence electrons. The molecule has 2 rings (SSSR count). The van der Waals surface area contributed by atoms with Gasteiger partial charge in [0.05, 0.1) is 24.7 Å². The maximum absolute atomic E-state index is 13.8. The Morgan fingerprint density at radius 2 is 1.77 bits per heavy atom. The summed E-state index contributed by atoms with van der Waals surface area (Å²) in [6.45, 7) is 1.91. The Morgan fingerprint density at radius 1 is 1.12 bits per heavy atom. The molecule has 0 aromatic heterocycles. The summed E-state index contributed by atoms with van der Waals surface area (Å²) >= 11 is 0. The molecule has 26 heavy (non-hydrogen) atoms. The van der Waals surface area contributed by atoms with Crippen LogP contribution >= 0.6 is 0 Å². The molecule has 0 aliphatic rings. The van der Waals surface area contributed by atoms with E-state index < -0.39 is 21.8 Å². The molecule has 8 heteroatoms. The summed E-state index contributed by atoms with van der Waals surface area (Å²) in [5.74, 6) is -1.01. The zero-order valence-electron chi connectivity index (χ0n) is 14.7. The number of carbonyl (C=O) groups excluding carboxylic acids is 1. The molecule has 0 saturated heterocycles. The first kappa shape index (κ1) is 19.9. The van der Waals surface area contributed by atoms with Crippen molar-refractivity contribution >= 4 is 16.0 Å². The smallest absolute Gasteiger partial charge is 0.337 e. The van der Waals surface area contributed by atoms with Crippen molar-refractivity contribution in [3.05, 3.63) is 59.4 Å².